The van der Waals surface area contributed by atoms with E-state index in [4.69, 9.17) is 9.84 Å². The molecule has 3 nitrogen and oxygen atoms in total. The molecular weight excluding hydrogens is 180 g/mol. The molecular formula is C11H18O3. The van der Waals surface area contributed by atoms with E-state index in [0.29, 0.717) is 5.41 Å². The zero-order valence-corrected chi connectivity index (χ0v) is 8.50. The average molecular weight is 198 g/mol. The Morgan fingerprint density at radius 3 is 2.57 bits per heavy atom. The summed E-state index contributed by atoms with van der Waals surface area (Å²) in [7, 11) is 0. The van der Waals surface area contributed by atoms with Crippen molar-refractivity contribution in [3.8, 4) is 0 Å². The van der Waals surface area contributed by atoms with Crippen LogP contribution in [0.25, 0.3) is 0 Å². The molecule has 1 atom stereocenters. The van der Waals surface area contributed by atoms with E-state index >= 15 is 0 Å². The SMILES string of the molecule is O=C(O)CC1CCC2(CCCC2)CO1. The van der Waals surface area contributed by atoms with Gasteiger partial charge in [-0.3, -0.25) is 4.79 Å². The molecule has 1 N–H and O–H groups in total. The van der Waals surface area contributed by atoms with E-state index in [-0.39, 0.29) is 12.5 Å². The Morgan fingerprint density at radius 2 is 2.07 bits per heavy atom. The molecule has 1 aliphatic heterocycles. The molecule has 14 heavy (non-hydrogen) atoms. The average Bonchev–Trinajstić information content (AvgIpc) is 2.58. The molecule has 0 radical (unpaired) electrons. The van der Waals surface area contributed by atoms with Crippen molar-refractivity contribution in [2.75, 3.05) is 6.61 Å². The summed E-state index contributed by atoms with van der Waals surface area (Å²) in [6.45, 7) is 0.797. The van der Waals surface area contributed by atoms with E-state index in [1.165, 1.54) is 32.1 Å². The maximum atomic E-state index is 10.5. The smallest absolute Gasteiger partial charge is 0.305 e. The minimum atomic E-state index is -0.739. The summed E-state index contributed by atoms with van der Waals surface area (Å²) in [5.41, 5.74) is 0.426. The first-order valence-corrected chi connectivity index (χ1v) is 5.54. The van der Waals surface area contributed by atoms with Gasteiger partial charge in [0.15, 0.2) is 0 Å². The molecule has 1 saturated heterocycles. The summed E-state index contributed by atoms with van der Waals surface area (Å²) >= 11 is 0. The number of rotatable bonds is 2. The second-order valence-electron chi connectivity index (χ2n) is 4.78. The molecule has 0 bridgehead atoms. The first kappa shape index (κ1) is 9.97. The second-order valence-corrected chi connectivity index (χ2v) is 4.78. The minimum absolute atomic E-state index is 0.0290. The molecule has 0 aromatic carbocycles. The summed E-state index contributed by atoms with van der Waals surface area (Å²) in [6, 6.07) is 0. The van der Waals surface area contributed by atoms with Gasteiger partial charge in [0.05, 0.1) is 19.1 Å². The van der Waals surface area contributed by atoms with Crippen LogP contribution in [0.3, 0.4) is 0 Å². The molecule has 1 heterocycles. The van der Waals surface area contributed by atoms with Gasteiger partial charge in [-0.1, -0.05) is 12.8 Å². The number of ether oxygens (including phenoxy) is 1. The van der Waals surface area contributed by atoms with Crippen LogP contribution >= 0.6 is 0 Å². The van der Waals surface area contributed by atoms with Gasteiger partial charge in [-0.05, 0) is 31.1 Å². The second kappa shape index (κ2) is 3.89. The van der Waals surface area contributed by atoms with E-state index in [1.54, 1.807) is 0 Å². The van der Waals surface area contributed by atoms with Crippen molar-refractivity contribution >= 4 is 5.97 Å². The van der Waals surface area contributed by atoms with Crippen LogP contribution in [0, 0.1) is 5.41 Å². The summed E-state index contributed by atoms with van der Waals surface area (Å²) in [5, 5.41) is 8.64. The van der Waals surface area contributed by atoms with E-state index in [9.17, 15) is 4.79 Å². The number of hydrogen-bond acceptors (Lipinski definition) is 2. The lowest BCUT2D eigenvalue weighted by molar-refractivity contribution is -0.143. The van der Waals surface area contributed by atoms with Crippen LogP contribution < -0.4 is 0 Å². The van der Waals surface area contributed by atoms with Gasteiger partial charge in [0, 0.05) is 0 Å². The van der Waals surface area contributed by atoms with Crippen molar-refractivity contribution in [1.82, 2.24) is 0 Å². The van der Waals surface area contributed by atoms with Gasteiger partial charge in [-0.2, -0.15) is 0 Å². The predicted molar refractivity (Wildman–Crippen MR) is 52.1 cm³/mol. The Kier molecular flexibility index (Phi) is 2.77. The fourth-order valence-electron chi connectivity index (χ4n) is 2.79. The molecule has 1 spiro atoms. The number of hydrogen-bond donors (Lipinski definition) is 1. The van der Waals surface area contributed by atoms with Crippen LogP contribution in [0.15, 0.2) is 0 Å². The van der Waals surface area contributed by atoms with Crippen molar-refractivity contribution in [3.05, 3.63) is 0 Å². The molecule has 0 amide bonds. The number of carbonyl (C=O) groups is 1. The normalized spacial score (nSPS) is 30.7. The summed E-state index contributed by atoms with van der Waals surface area (Å²) in [6.07, 6.45) is 7.48. The van der Waals surface area contributed by atoms with Gasteiger partial charge in [0.1, 0.15) is 0 Å². The number of carboxylic acid groups (broad SMARTS) is 1. The van der Waals surface area contributed by atoms with Gasteiger partial charge in [0.2, 0.25) is 0 Å². The van der Waals surface area contributed by atoms with Crippen molar-refractivity contribution < 1.29 is 14.6 Å². The van der Waals surface area contributed by atoms with Gasteiger partial charge < -0.3 is 9.84 Å². The summed E-state index contributed by atoms with van der Waals surface area (Å²) in [4.78, 5) is 10.5. The Hall–Kier alpha value is -0.570. The van der Waals surface area contributed by atoms with Gasteiger partial charge in [-0.25, -0.2) is 0 Å². The Bertz CT molecular complexity index is 209. The lowest BCUT2D eigenvalue weighted by Crippen LogP contribution is -2.35. The molecule has 1 saturated carbocycles. The largest absolute Gasteiger partial charge is 0.481 e. The first-order valence-electron chi connectivity index (χ1n) is 5.54. The highest BCUT2D eigenvalue weighted by atomic mass is 16.5. The topological polar surface area (TPSA) is 46.5 Å². The maximum absolute atomic E-state index is 10.5. The lowest BCUT2D eigenvalue weighted by atomic mass is 9.79. The van der Waals surface area contributed by atoms with Gasteiger partial charge >= 0.3 is 5.97 Å². The van der Waals surface area contributed by atoms with Crippen molar-refractivity contribution in [2.45, 2.75) is 51.0 Å². The van der Waals surface area contributed by atoms with E-state index < -0.39 is 5.97 Å². The van der Waals surface area contributed by atoms with Crippen LogP contribution in [0.1, 0.15) is 44.9 Å². The molecule has 1 aliphatic carbocycles. The van der Waals surface area contributed by atoms with Crippen LogP contribution in [-0.4, -0.2) is 23.8 Å². The third-order valence-corrected chi connectivity index (χ3v) is 3.69. The van der Waals surface area contributed by atoms with Crippen LogP contribution in [0.4, 0.5) is 0 Å². The molecule has 2 aliphatic rings. The van der Waals surface area contributed by atoms with Crippen LogP contribution in [0.5, 0.6) is 0 Å². The van der Waals surface area contributed by atoms with E-state index in [0.717, 1.165) is 13.0 Å². The van der Waals surface area contributed by atoms with Gasteiger partial charge in [-0.15, -0.1) is 0 Å². The standard InChI is InChI=1S/C11H18O3/c12-10(13)7-9-3-6-11(8-14-9)4-1-2-5-11/h9H,1-8H2,(H,12,13). The fraction of sp³-hybridized carbons (Fsp3) is 0.909. The van der Waals surface area contributed by atoms with E-state index in [1.807, 2.05) is 0 Å². The Morgan fingerprint density at radius 1 is 1.36 bits per heavy atom. The predicted octanol–water partition coefficient (Wildman–Crippen LogP) is 2.20. The summed E-state index contributed by atoms with van der Waals surface area (Å²) < 4.78 is 5.65. The van der Waals surface area contributed by atoms with Crippen LogP contribution in [0.2, 0.25) is 0 Å². The minimum Gasteiger partial charge on any atom is -0.481 e. The van der Waals surface area contributed by atoms with Crippen molar-refractivity contribution in [2.24, 2.45) is 5.41 Å². The van der Waals surface area contributed by atoms with E-state index in [2.05, 4.69) is 0 Å². The zero-order chi connectivity index (χ0) is 10.0. The van der Waals surface area contributed by atoms with Crippen molar-refractivity contribution in [3.63, 3.8) is 0 Å². The maximum Gasteiger partial charge on any atom is 0.305 e. The Labute approximate surface area is 84.4 Å². The molecule has 0 aromatic heterocycles. The Balaban J connectivity index is 1.82. The van der Waals surface area contributed by atoms with Gasteiger partial charge in [0.25, 0.3) is 0 Å². The highest BCUT2D eigenvalue weighted by Crippen LogP contribution is 2.45. The third kappa shape index (κ3) is 2.08. The van der Waals surface area contributed by atoms with Crippen LogP contribution in [-0.2, 0) is 9.53 Å². The number of aliphatic carboxylic acids is 1. The molecule has 0 aromatic rings. The highest BCUT2D eigenvalue weighted by Gasteiger charge is 2.38. The van der Waals surface area contributed by atoms with Crippen molar-refractivity contribution in [1.29, 1.82) is 0 Å². The first-order chi connectivity index (χ1) is 6.70. The zero-order valence-electron chi connectivity index (χ0n) is 8.50. The molecule has 2 rings (SSSR count). The molecule has 1 unspecified atom stereocenters. The molecule has 2 fully saturated rings. The molecule has 3 heteroatoms. The fourth-order valence-corrected chi connectivity index (χ4v) is 2.79. The quantitative estimate of drug-likeness (QED) is 0.740. The summed E-state index contributed by atoms with van der Waals surface area (Å²) in [5.74, 6) is -0.739. The third-order valence-electron chi connectivity index (χ3n) is 3.69. The number of carboxylic acids is 1. The highest BCUT2D eigenvalue weighted by molar-refractivity contribution is 5.67. The monoisotopic (exact) mass is 198 g/mol. The molecule has 80 valence electrons. The lowest BCUT2D eigenvalue weighted by Gasteiger charge is -2.36.